The maximum atomic E-state index is 6.08. The number of nitrogens with zero attached hydrogens (tertiary/aromatic N) is 2. The van der Waals surface area contributed by atoms with Gasteiger partial charge in [0.2, 0.25) is 0 Å². The van der Waals surface area contributed by atoms with Crippen LogP contribution in [0.3, 0.4) is 0 Å². The molecule has 3 heterocycles. The summed E-state index contributed by atoms with van der Waals surface area (Å²) < 4.78 is 0.914. The number of hydrogen-bond acceptors (Lipinski definition) is 3. The van der Waals surface area contributed by atoms with Gasteiger partial charge in [0.1, 0.15) is 0 Å². The van der Waals surface area contributed by atoms with Gasteiger partial charge in [-0.25, -0.2) is 0 Å². The fourth-order valence-electron chi connectivity index (χ4n) is 3.72. The van der Waals surface area contributed by atoms with E-state index in [9.17, 15) is 0 Å². The highest BCUT2D eigenvalue weighted by Crippen LogP contribution is 2.30. The van der Waals surface area contributed by atoms with Crippen LogP contribution < -0.4 is 0 Å². The van der Waals surface area contributed by atoms with Crippen molar-refractivity contribution in [3.63, 3.8) is 0 Å². The third-order valence-corrected chi connectivity index (χ3v) is 6.06. The predicted octanol–water partition coefficient (Wildman–Crippen LogP) is 4.10. The average Bonchev–Trinajstić information content (AvgIpc) is 2.83. The molecule has 0 aliphatic carbocycles. The molecule has 0 saturated carbocycles. The van der Waals surface area contributed by atoms with Crippen LogP contribution in [0.5, 0.6) is 0 Å². The van der Waals surface area contributed by atoms with E-state index in [1.807, 2.05) is 6.07 Å². The molecule has 4 heteroatoms. The largest absolute Gasteiger partial charge is 0.298 e. The van der Waals surface area contributed by atoms with Crippen LogP contribution in [0.4, 0.5) is 0 Å². The molecule has 2 atom stereocenters. The van der Waals surface area contributed by atoms with Gasteiger partial charge in [-0.2, -0.15) is 0 Å². The lowest BCUT2D eigenvalue weighted by atomic mass is 9.92. The molecule has 2 aliphatic heterocycles. The Morgan fingerprint density at radius 3 is 2.85 bits per heavy atom. The Balaban J connectivity index is 1.72. The third kappa shape index (κ3) is 3.22. The van der Waals surface area contributed by atoms with Crippen LogP contribution in [0, 0.1) is 5.92 Å². The van der Waals surface area contributed by atoms with Crippen molar-refractivity contribution in [1.82, 2.24) is 9.80 Å². The van der Waals surface area contributed by atoms with E-state index in [1.54, 1.807) is 11.3 Å². The first-order chi connectivity index (χ1) is 9.63. The Bertz CT molecular complexity index is 445. The summed E-state index contributed by atoms with van der Waals surface area (Å²) in [6, 6.07) is 5.69. The fourth-order valence-corrected chi connectivity index (χ4v) is 4.83. The number of piperazine rings is 1. The highest BCUT2D eigenvalue weighted by Gasteiger charge is 2.36. The highest BCUT2D eigenvalue weighted by molar-refractivity contribution is 7.16. The van der Waals surface area contributed by atoms with Crippen molar-refractivity contribution >= 4 is 22.9 Å². The van der Waals surface area contributed by atoms with E-state index < -0.39 is 0 Å². The van der Waals surface area contributed by atoms with E-state index in [1.165, 1.54) is 43.8 Å². The molecule has 0 bridgehead atoms. The van der Waals surface area contributed by atoms with Crippen LogP contribution in [-0.4, -0.2) is 41.5 Å². The molecule has 0 amide bonds. The Morgan fingerprint density at radius 1 is 1.30 bits per heavy atom. The third-order valence-electron chi connectivity index (χ3n) is 4.84. The number of piperidine rings is 1. The van der Waals surface area contributed by atoms with E-state index in [-0.39, 0.29) is 0 Å². The molecule has 2 nitrogen and oxygen atoms in total. The van der Waals surface area contributed by atoms with Gasteiger partial charge >= 0.3 is 0 Å². The van der Waals surface area contributed by atoms with Crippen molar-refractivity contribution in [2.24, 2.45) is 5.92 Å². The number of thiophene rings is 1. The molecule has 0 aromatic carbocycles. The Morgan fingerprint density at radius 2 is 2.15 bits per heavy atom. The summed E-state index contributed by atoms with van der Waals surface area (Å²) in [5, 5.41) is 0. The zero-order valence-electron chi connectivity index (χ0n) is 12.5. The van der Waals surface area contributed by atoms with Crippen molar-refractivity contribution < 1.29 is 0 Å². The lowest BCUT2D eigenvalue weighted by Crippen LogP contribution is -2.60. The fraction of sp³-hybridized carbons (Fsp3) is 0.750. The van der Waals surface area contributed by atoms with E-state index >= 15 is 0 Å². The van der Waals surface area contributed by atoms with Gasteiger partial charge < -0.3 is 0 Å². The topological polar surface area (TPSA) is 6.48 Å². The summed E-state index contributed by atoms with van der Waals surface area (Å²) in [7, 11) is 0. The number of halogens is 1. The van der Waals surface area contributed by atoms with Crippen LogP contribution in [0.25, 0.3) is 0 Å². The van der Waals surface area contributed by atoms with E-state index in [0.29, 0.717) is 12.0 Å². The molecule has 0 spiro atoms. The zero-order chi connectivity index (χ0) is 14.1. The number of fused-ring (bicyclic) bond motifs is 1. The summed E-state index contributed by atoms with van der Waals surface area (Å²) in [5.74, 6) is 0.716. The molecular weight excluding hydrogens is 288 g/mol. The molecule has 2 saturated heterocycles. The van der Waals surface area contributed by atoms with Gasteiger partial charge in [0.25, 0.3) is 0 Å². The van der Waals surface area contributed by atoms with Crippen molar-refractivity contribution in [2.45, 2.75) is 51.7 Å². The van der Waals surface area contributed by atoms with Crippen molar-refractivity contribution in [3.8, 4) is 0 Å². The molecule has 2 unspecified atom stereocenters. The normalized spacial score (nSPS) is 28.8. The van der Waals surface area contributed by atoms with Gasteiger partial charge in [0.05, 0.1) is 4.34 Å². The maximum Gasteiger partial charge on any atom is 0.0931 e. The van der Waals surface area contributed by atoms with Gasteiger partial charge in [0, 0.05) is 36.6 Å². The van der Waals surface area contributed by atoms with E-state index in [4.69, 9.17) is 11.6 Å². The first-order valence-corrected chi connectivity index (χ1v) is 9.05. The second kappa shape index (κ2) is 6.35. The Kier molecular flexibility index (Phi) is 4.71. The van der Waals surface area contributed by atoms with E-state index in [0.717, 1.165) is 16.9 Å². The van der Waals surface area contributed by atoms with Crippen LogP contribution >= 0.6 is 22.9 Å². The summed E-state index contributed by atoms with van der Waals surface area (Å²) >= 11 is 7.81. The summed E-state index contributed by atoms with van der Waals surface area (Å²) in [6.07, 6.45) is 4.18. The minimum absolute atomic E-state index is 0.685. The average molecular weight is 313 g/mol. The van der Waals surface area contributed by atoms with E-state index in [2.05, 4.69) is 29.7 Å². The van der Waals surface area contributed by atoms with Gasteiger partial charge in [-0.05, 0) is 37.4 Å². The minimum Gasteiger partial charge on any atom is -0.298 e. The molecule has 3 rings (SSSR count). The maximum absolute atomic E-state index is 6.08. The summed E-state index contributed by atoms with van der Waals surface area (Å²) in [5.41, 5.74) is 0. The van der Waals surface area contributed by atoms with Crippen LogP contribution in [-0.2, 0) is 6.54 Å². The van der Waals surface area contributed by atoms with Crippen LogP contribution in [0.15, 0.2) is 12.1 Å². The predicted molar refractivity (Wildman–Crippen MR) is 87.6 cm³/mol. The monoisotopic (exact) mass is 312 g/mol. The molecule has 1 aromatic heterocycles. The Labute approximate surface area is 131 Å². The first-order valence-electron chi connectivity index (χ1n) is 7.86. The molecule has 2 fully saturated rings. The molecule has 0 N–H and O–H groups in total. The second-order valence-corrected chi connectivity index (χ2v) is 8.39. The molecule has 1 aromatic rings. The van der Waals surface area contributed by atoms with Crippen molar-refractivity contribution in [2.75, 3.05) is 19.6 Å². The lowest BCUT2D eigenvalue weighted by molar-refractivity contribution is -0.0113. The minimum atomic E-state index is 0.685. The lowest BCUT2D eigenvalue weighted by Gasteiger charge is -2.49. The quantitative estimate of drug-likeness (QED) is 0.829. The van der Waals surface area contributed by atoms with Gasteiger partial charge in [0.15, 0.2) is 0 Å². The molecule has 0 radical (unpaired) electrons. The SMILES string of the molecule is CC(C)C1CN2CCCCC2CN1Cc1ccc(Cl)s1. The zero-order valence-corrected chi connectivity index (χ0v) is 14.1. The standard InChI is InChI=1S/C16H25ClN2S/c1-12(2)15-11-18-8-4-3-5-13(18)9-19(15)10-14-6-7-16(17)20-14/h6-7,12-13,15H,3-5,8-11H2,1-2H3. The number of rotatable bonds is 3. The number of hydrogen-bond donors (Lipinski definition) is 0. The molecule has 2 aliphatic rings. The summed E-state index contributed by atoms with van der Waals surface area (Å²) in [6.45, 7) is 9.60. The second-order valence-electron chi connectivity index (χ2n) is 6.59. The molecule has 112 valence electrons. The highest BCUT2D eigenvalue weighted by atomic mass is 35.5. The van der Waals surface area contributed by atoms with Crippen molar-refractivity contribution in [3.05, 3.63) is 21.3 Å². The van der Waals surface area contributed by atoms with Crippen LogP contribution in [0.2, 0.25) is 4.34 Å². The first kappa shape index (κ1) is 14.8. The smallest absolute Gasteiger partial charge is 0.0931 e. The summed E-state index contributed by atoms with van der Waals surface area (Å²) in [4.78, 5) is 6.86. The Hall–Kier alpha value is -0.0900. The molecule has 20 heavy (non-hydrogen) atoms. The van der Waals surface area contributed by atoms with Gasteiger partial charge in [-0.1, -0.05) is 31.9 Å². The van der Waals surface area contributed by atoms with Gasteiger partial charge in [-0.15, -0.1) is 11.3 Å². The van der Waals surface area contributed by atoms with Crippen LogP contribution in [0.1, 0.15) is 38.0 Å². The molecular formula is C16H25ClN2S. The van der Waals surface area contributed by atoms with Crippen molar-refractivity contribution in [1.29, 1.82) is 0 Å². The van der Waals surface area contributed by atoms with Gasteiger partial charge in [-0.3, -0.25) is 9.80 Å².